The average molecular weight is 167 g/mol. The Hall–Kier alpha value is -1.00. The Kier molecular flexibility index (Phi) is 3.63. The van der Waals surface area contributed by atoms with E-state index in [0.717, 1.165) is 12.1 Å². The second kappa shape index (κ2) is 4.79. The fraction of sp³-hybridized carbons (Fsp3) is 0.500. The van der Waals surface area contributed by atoms with Gasteiger partial charge in [-0.3, -0.25) is 0 Å². The van der Waals surface area contributed by atoms with Crippen LogP contribution in [-0.4, -0.2) is 28.0 Å². The zero-order valence-corrected chi connectivity index (χ0v) is 7.07. The molecule has 0 aromatic carbocycles. The highest BCUT2D eigenvalue weighted by molar-refractivity contribution is 5.04. The van der Waals surface area contributed by atoms with E-state index in [1.165, 1.54) is 0 Å². The molecule has 1 unspecified atom stereocenters. The summed E-state index contributed by atoms with van der Waals surface area (Å²) in [6, 6.07) is 2.02. The smallest absolute Gasteiger partial charge is 0.0582 e. The molecular formula is C8H13N3O. The van der Waals surface area contributed by atoms with Gasteiger partial charge in [-0.2, -0.15) is 10.2 Å². The summed E-state index contributed by atoms with van der Waals surface area (Å²) < 4.78 is 0. The molecule has 0 amide bonds. The van der Waals surface area contributed by atoms with E-state index in [0.29, 0.717) is 0 Å². The lowest BCUT2D eigenvalue weighted by Crippen LogP contribution is -2.28. The van der Waals surface area contributed by atoms with Crippen molar-refractivity contribution < 1.29 is 5.11 Å². The highest BCUT2D eigenvalue weighted by Crippen LogP contribution is 1.93. The van der Waals surface area contributed by atoms with Crippen LogP contribution >= 0.6 is 0 Å². The third kappa shape index (κ3) is 2.94. The zero-order chi connectivity index (χ0) is 8.81. The topological polar surface area (TPSA) is 58.0 Å². The molecule has 2 N–H and O–H groups in total. The quantitative estimate of drug-likeness (QED) is 0.660. The van der Waals surface area contributed by atoms with E-state index in [1.807, 2.05) is 13.0 Å². The van der Waals surface area contributed by atoms with Gasteiger partial charge in [-0.1, -0.05) is 0 Å². The molecule has 0 aliphatic heterocycles. The maximum Gasteiger partial charge on any atom is 0.0582 e. The number of rotatable bonds is 4. The molecule has 0 aliphatic carbocycles. The van der Waals surface area contributed by atoms with Gasteiger partial charge in [0.2, 0.25) is 0 Å². The lowest BCUT2D eigenvalue weighted by atomic mass is 10.3. The van der Waals surface area contributed by atoms with E-state index in [2.05, 4.69) is 15.5 Å². The lowest BCUT2D eigenvalue weighted by Gasteiger charge is -2.09. The van der Waals surface area contributed by atoms with Crippen LogP contribution in [0, 0.1) is 0 Å². The van der Waals surface area contributed by atoms with Crippen molar-refractivity contribution in [1.29, 1.82) is 0 Å². The largest absolute Gasteiger partial charge is 0.395 e. The minimum atomic E-state index is 0.123. The van der Waals surface area contributed by atoms with Gasteiger partial charge >= 0.3 is 0 Å². The monoisotopic (exact) mass is 167 g/mol. The van der Waals surface area contributed by atoms with Gasteiger partial charge < -0.3 is 10.4 Å². The molecule has 0 aliphatic rings. The first-order chi connectivity index (χ1) is 5.83. The number of nitrogens with one attached hydrogen (secondary N) is 1. The van der Waals surface area contributed by atoms with Crippen molar-refractivity contribution >= 4 is 0 Å². The van der Waals surface area contributed by atoms with Gasteiger partial charge in [0.1, 0.15) is 0 Å². The molecule has 1 aromatic rings. The number of aromatic nitrogens is 2. The average Bonchev–Trinajstić information content (AvgIpc) is 2.16. The van der Waals surface area contributed by atoms with E-state index in [1.54, 1.807) is 12.4 Å². The molecule has 12 heavy (non-hydrogen) atoms. The molecule has 1 heterocycles. The first-order valence-corrected chi connectivity index (χ1v) is 3.92. The summed E-state index contributed by atoms with van der Waals surface area (Å²) in [5.74, 6) is 0. The van der Waals surface area contributed by atoms with Gasteiger partial charge in [0.25, 0.3) is 0 Å². The van der Waals surface area contributed by atoms with Crippen LogP contribution in [0.15, 0.2) is 18.5 Å². The third-order valence-electron chi connectivity index (χ3n) is 1.57. The van der Waals surface area contributed by atoms with E-state index in [-0.39, 0.29) is 12.6 Å². The fourth-order valence-electron chi connectivity index (χ4n) is 0.779. The van der Waals surface area contributed by atoms with Gasteiger partial charge in [-0.15, -0.1) is 0 Å². The molecule has 1 atom stereocenters. The highest BCUT2D eigenvalue weighted by atomic mass is 16.3. The molecule has 0 spiro atoms. The normalized spacial score (nSPS) is 12.8. The van der Waals surface area contributed by atoms with Gasteiger partial charge in [-0.05, 0) is 18.6 Å². The first-order valence-electron chi connectivity index (χ1n) is 3.92. The maximum absolute atomic E-state index is 8.72. The second-order valence-corrected chi connectivity index (χ2v) is 2.72. The molecule has 0 saturated carbocycles. The van der Waals surface area contributed by atoms with Crippen LogP contribution in [0.3, 0.4) is 0 Å². The lowest BCUT2D eigenvalue weighted by molar-refractivity contribution is 0.251. The Morgan fingerprint density at radius 3 is 3.00 bits per heavy atom. The molecular weight excluding hydrogens is 154 g/mol. The van der Waals surface area contributed by atoms with Crippen LogP contribution in [0.5, 0.6) is 0 Å². The summed E-state index contributed by atoms with van der Waals surface area (Å²) in [5.41, 5.74) is 1.07. The Balaban J connectivity index is 2.33. The summed E-state index contributed by atoms with van der Waals surface area (Å²) >= 11 is 0. The van der Waals surface area contributed by atoms with Gasteiger partial charge in [-0.25, -0.2) is 0 Å². The maximum atomic E-state index is 8.72. The van der Waals surface area contributed by atoms with Crippen LogP contribution < -0.4 is 5.32 Å². The van der Waals surface area contributed by atoms with E-state index < -0.39 is 0 Å². The van der Waals surface area contributed by atoms with Crippen LogP contribution in [0.1, 0.15) is 12.5 Å². The van der Waals surface area contributed by atoms with Crippen molar-refractivity contribution in [2.75, 3.05) is 6.61 Å². The number of aliphatic hydroxyl groups excluding tert-OH is 1. The summed E-state index contributed by atoms with van der Waals surface area (Å²) in [6.45, 7) is 2.80. The van der Waals surface area contributed by atoms with Crippen LogP contribution in [0.25, 0.3) is 0 Å². The summed E-state index contributed by atoms with van der Waals surface area (Å²) in [7, 11) is 0. The van der Waals surface area contributed by atoms with Crippen molar-refractivity contribution in [3.05, 3.63) is 24.0 Å². The van der Waals surface area contributed by atoms with Crippen molar-refractivity contribution in [3.63, 3.8) is 0 Å². The summed E-state index contributed by atoms with van der Waals surface area (Å²) in [5, 5.41) is 19.3. The Bertz CT molecular complexity index is 215. The standard InChI is InChI=1S/C8H13N3O/c1-7(6-12)9-4-8-2-3-10-11-5-8/h2-3,5,7,9,12H,4,6H2,1H3. The van der Waals surface area contributed by atoms with E-state index >= 15 is 0 Å². The van der Waals surface area contributed by atoms with Crippen molar-refractivity contribution in [1.82, 2.24) is 15.5 Å². The summed E-state index contributed by atoms with van der Waals surface area (Å²) in [4.78, 5) is 0. The van der Waals surface area contributed by atoms with Gasteiger partial charge in [0, 0.05) is 18.8 Å². The number of nitrogens with zero attached hydrogens (tertiary/aromatic N) is 2. The Labute approximate surface area is 71.6 Å². The predicted octanol–water partition coefficient (Wildman–Crippen LogP) is -0.0530. The molecule has 1 rings (SSSR count). The second-order valence-electron chi connectivity index (χ2n) is 2.72. The van der Waals surface area contributed by atoms with Crippen LogP contribution in [0.4, 0.5) is 0 Å². The Morgan fingerprint density at radius 2 is 2.42 bits per heavy atom. The summed E-state index contributed by atoms with van der Waals surface area (Å²) in [6.07, 6.45) is 3.36. The van der Waals surface area contributed by atoms with Crippen molar-refractivity contribution in [3.8, 4) is 0 Å². The molecule has 0 fully saturated rings. The molecule has 0 saturated heterocycles. The SMILES string of the molecule is CC(CO)NCc1ccnnc1. The van der Waals surface area contributed by atoms with Crippen molar-refractivity contribution in [2.45, 2.75) is 19.5 Å². The van der Waals surface area contributed by atoms with E-state index in [9.17, 15) is 0 Å². The van der Waals surface area contributed by atoms with Gasteiger partial charge in [0.15, 0.2) is 0 Å². The minimum absolute atomic E-state index is 0.123. The minimum Gasteiger partial charge on any atom is -0.395 e. The van der Waals surface area contributed by atoms with Crippen molar-refractivity contribution in [2.24, 2.45) is 0 Å². The molecule has 4 nitrogen and oxygen atoms in total. The highest BCUT2D eigenvalue weighted by Gasteiger charge is 1.97. The molecule has 0 bridgehead atoms. The Morgan fingerprint density at radius 1 is 1.58 bits per heavy atom. The van der Waals surface area contributed by atoms with Crippen LogP contribution in [-0.2, 0) is 6.54 Å². The molecule has 1 aromatic heterocycles. The molecule has 4 heteroatoms. The number of hydrogen-bond acceptors (Lipinski definition) is 4. The van der Waals surface area contributed by atoms with Gasteiger partial charge in [0.05, 0.1) is 12.8 Å². The van der Waals surface area contributed by atoms with E-state index in [4.69, 9.17) is 5.11 Å². The molecule has 66 valence electrons. The number of hydrogen-bond donors (Lipinski definition) is 2. The molecule has 0 radical (unpaired) electrons. The first kappa shape index (κ1) is 9.09. The van der Waals surface area contributed by atoms with Crippen LogP contribution in [0.2, 0.25) is 0 Å². The fourth-order valence-corrected chi connectivity index (χ4v) is 0.779. The third-order valence-corrected chi connectivity index (χ3v) is 1.57. The number of aliphatic hydroxyl groups is 1. The predicted molar refractivity (Wildman–Crippen MR) is 45.4 cm³/mol. The zero-order valence-electron chi connectivity index (χ0n) is 7.07.